The SMILES string of the molecule is NC(=O)c1cc(NC(=O)c2c(Oc3ccc(F)c(F)c3F)ccc(C(F)(F)F)c2F)ccn1. The van der Waals surface area contributed by atoms with Crippen LogP contribution >= 0.6 is 0 Å². The van der Waals surface area contributed by atoms with E-state index in [0.29, 0.717) is 18.2 Å². The molecule has 0 saturated heterocycles. The second-order valence-electron chi connectivity index (χ2n) is 6.32. The zero-order valence-corrected chi connectivity index (χ0v) is 15.9. The van der Waals surface area contributed by atoms with Gasteiger partial charge in [-0.3, -0.25) is 14.6 Å². The molecule has 1 heterocycles. The minimum absolute atomic E-state index is 0.203. The highest BCUT2D eigenvalue weighted by Crippen LogP contribution is 2.38. The summed E-state index contributed by atoms with van der Waals surface area (Å²) in [4.78, 5) is 27.5. The summed E-state index contributed by atoms with van der Waals surface area (Å²) >= 11 is 0. The molecule has 13 heteroatoms. The molecule has 1 aromatic heterocycles. The van der Waals surface area contributed by atoms with Gasteiger partial charge in [0.25, 0.3) is 11.8 Å². The molecule has 0 unspecified atom stereocenters. The zero-order valence-electron chi connectivity index (χ0n) is 15.9. The fourth-order valence-corrected chi connectivity index (χ4v) is 2.62. The fourth-order valence-electron chi connectivity index (χ4n) is 2.62. The third-order valence-corrected chi connectivity index (χ3v) is 4.13. The molecule has 3 N–H and O–H groups in total. The van der Waals surface area contributed by atoms with Gasteiger partial charge in [0.15, 0.2) is 23.2 Å². The zero-order chi connectivity index (χ0) is 24.5. The van der Waals surface area contributed by atoms with Crippen LogP contribution in [-0.2, 0) is 6.18 Å². The molecule has 2 amide bonds. The number of hydrogen-bond acceptors (Lipinski definition) is 4. The second-order valence-corrected chi connectivity index (χ2v) is 6.32. The van der Waals surface area contributed by atoms with E-state index < -0.39 is 63.9 Å². The topological polar surface area (TPSA) is 94.3 Å². The van der Waals surface area contributed by atoms with Crippen LogP contribution in [0.25, 0.3) is 0 Å². The number of aromatic nitrogens is 1. The number of amides is 2. The Morgan fingerprint density at radius 1 is 0.909 bits per heavy atom. The van der Waals surface area contributed by atoms with Gasteiger partial charge >= 0.3 is 6.18 Å². The highest BCUT2D eigenvalue weighted by Gasteiger charge is 2.37. The number of pyridine rings is 1. The number of benzene rings is 2. The predicted molar refractivity (Wildman–Crippen MR) is 98.5 cm³/mol. The smallest absolute Gasteiger partial charge is 0.419 e. The summed E-state index contributed by atoms with van der Waals surface area (Å²) in [5.74, 6) is -11.9. The van der Waals surface area contributed by atoms with Crippen molar-refractivity contribution in [3.8, 4) is 11.5 Å². The molecule has 3 rings (SSSR count). The number of primary amides is 1. The fraction of sp³-hybridized carbons (Fsp3) is 0.0500. The molecular weight excluding hydrogens is 463 g/mol. The van der Waals surface area contributed by atoms with Crippen molar-refractivity contribution in [3.05, 3.63) is 82.7 Å². The molecule has 0 radical (unpaired) electrons. The van der Waals surface area contributed by atoms with Gasteiger partial charge in [-0.1, -0.05) is 0 Å². The standard InChI is InChI=1S/C20H10F7N3O3/c21-10-2-4-13(17(24)16(10)23)33-12-3-1-9(20(25,26)27)15(22)14(12)19(32)30-8-5-6-29-11(7-8)18(28)31/h1-7H,(H2,28,31)(H,29,30,32). The summed E-state index contributed by atoms with van der Waals surface area (Å²) < 4.78 is 99.7. The Balaban J connectivity index is 2.09. The van der Waals surface area contributed by atoms with E-state index in [9.17, 15) is 40.3 Å². The summed E-state index contributed by atoms with van der Waals surface area (Å²) in [7, 11) is 0. The van der Waals surface area contributed by atoms with Crippen molar-refractivity contribution in [1.82, 2.24) is 4.98 Å². The molecule has 3 aromatic rings. The number of alkyl halides is 3. The average Bonchev–Trinajstić information content (AvgIpc) is 2.73. The number of nitrogens with one attached hydrogen (secondary N) is 1. The first kappa shape index (κ1) is 23.5. The Kier molecular flexibility index (Phi) is 6.24. The summed E-state index contributed by atoms with van der Waals surface area (Å²) in [6.45, 7) is 0. The Labute approximate surface area is 179 Å². The molecule has 0 atom stereocenters. The molecule has 0 saturated carbocycles. The van der Waals surface area contributed by atoms with Gasteiger partial charge < -0.3 is 15.8 Å². The Morgan fingerprint density at radius 3 is 2.21 bits per heavy atom. The lowest BCUT2D eigenvalue weighted by Gasteiger charge is -2.16. The van der Waals surface area contributed by atoms with Crippen molar-refractivity contribution in [3.63, 3.8) is 0 Å². The molecule has 33 heavy (non-hydrogen) atoms. The van der Waals surface area contributed by atoms with E-state index in [0.717, 1.165) is 18.3 Å². The molecule has 172 valence electrons. The molecule has 0 bridgehead atoms. The van der Waals surface area contributed by atoms with E-state index >= 15 is 0 Å². The van der Waals surface area contributed by atoms with E-state index in [2.05, 4.69) is 4.98 Å². The third-order valence-electron chi connectivity index (χ3n) is 4.13. The van der Waals surface area contributed by atoms with Gasteiger partial charge in [0.2, 0.25) is 5.82 Å². The maximum Gasteiger partial charge on any atom is 0.419 e. The predicted octanol–water partition coefficient (Wildman–Crippen LogP) is 4.80. The van der Waals surface area contributed by atoms with Crippen molar-refractivity contribution in [1.29, 1.82) is 0 Å². The van der Waals surface area contributed by atoms with Crippen LogP contribution in [0.2, 0.25) is 0 Å². The van der Waals surface area contributed by atoms with Crippen LogP contribution in [0.1, 0.15) is 26.4 Å². The number of ether oxygens (including phenoxy) is 1. The largest absolute Gasteiger partial charge is 0.453 e. The van der Waals surface area contributed by atoms with E-state index in [-0.39, 0.29) is 17.4 Å². The van der Waals surface area contributed by atoms with E-state index in [1.54, 1.807) is 0 Å². The number of carbonyl (C=O) groups excluding carboxylic acids is 2. The monoisotopic (exact) mass is 473 g/mol. The summed E-state index contributed by atoms with van der Waals surface area (Å²) in [5.41, 5.74) is 1.35. The quantitative estimate of drug-likeness (QED) is 0.411. The molecule has 2 aromatic carbocycles. The lowest BCUT2D eigenvalue weighted by atomic mass is 10.1. The van der Waals surface area contributed by atoms with Crippen LogP contribution in [0.5, 0.6) is 11.5 Å². The first-order chi connectivity index (χ1) is 15.4. The van der Waals surface area contributed by atoms with Crippen molar-refractivity contribution in [2.24, 2.45) is 5.73 Å². The van der Waals surface area contributed by atoms with Gasteiger partial charge in [-0.2, -0.15) is 17.6 Å². The normalized spacial score (nSPS) is 11.2. The van der Waals surface area contributed by atoms with Gasteiger partial charge in [0, 0.05) is 11.9 Å². The van der Waals surface area contributed by atoms with E-state index in [4.69, 9.17) is 10.5 Å². The highest BCUT2D eigenvalue weighted by molar-refractivity contribution is 6.07. The Hall–Kier alpha value is -4.16. The maximum atomic E-state index is 14.8. The van der Waals surface area contributed by atoms with Gasteiger partial charge in [0.05, 0.1) is 5.56 Å². The van der Waals surface area contributed by atoms with Crippen molar-refractivity contribution in [2.75, 3.05) is 5.32 Å². The number of anilines is 1. The number of nitrogens with two attached hydrogens (primary N) is 1. The summed E-state index contributed by atoms with van der Waals surface area (Å²) in [6, 6.07) is 3.84. The van der Waals surface area contributed by atoms with Gasteiger partial charge in [-0.15, -0.1) is 0 Å². The molecule has 0 aliphatic carbocycles. The minimum Gasteiger partial charge on any atom is -0.453 e. The first-order valence-electron chi connectivity index (χ1n) is 8.68. The molecular formula is C20H10F7N3O3. The first-order valence-corrected chi connectivity index (χ1v) is 8.68. The van der Waals surface area contributed by atoms with E-state index in [1.165, 1.54) is 0 Å². The van der Waals surface area contributed by atoms with Crippen LogP contribution in [0.3, 0.4) is 0 Å². The number of nitrogens with zero attached hydrogens (tertiary/aromatic N) is 1. The highest BCUT2D eigenvalue weighted by atomic mass is 19.4. The summed E-state index contributed by atoms with van der Waals surface area (Å²) in [6.07, 6.45) is -4.19. The average molecular weight is 473 g/mol. The minimum atomic E-state index is -5.22. The van der Waals surface area contributed by atoms with Crippen LogP contribution in [-0.4, -0.2) is 16.8 Å². The van der Waals surface area contributed by atoms with E-state index in [1.807, 2.05) is 5.32 Å². The number of halogens is 7. The summed E-state index contributed by atoms with van der Waals surface area (Å²) in [5, 5.41) is 2.03. The van der Waals surface area contributed by atoms with Gasteiger partial charge in [-0.05, 0) is 36.4 Å². The Morgan fingerprint density at radius 2 is 1.58 bits per heavy atom. The lowest BCUT2D eigenvalue weighted by molar-refractivity contribution is -0.140. The molecule has 0 aliphatic heterocycles. The van der Waals surface area contributed by atoms with Crippen molar-refractivity contribution < 1.29 is 45.1 Å². The second kappa shape index (κ2) is 8.76. The van der Waals surface area contributed by atoms with Crippen LogP contribution < -0.4 is 15.8 Å². The Bertz CT molecular complexity index is 1260. The van der Waals surface area contributed by atoms with Crippen LogP contribution in [0.4, 0.5) is 36.4 Å². The lowest BCUT2D eigenvalue weighted by Crippen LogP contribution is -2.19. The van der Waals surface area contributed by atoms with Crippen molar-refractivity contribution >= 4 is 17.5 Å². The van der Waals surface area contributed by atoms with Crippen LogP contribution in [0, 0.1) is 23.3 Å². The molecule has 0 fully saturated rings. The molecule has 0 aliphatic rings. The van der Waals surface area contributed by atoms with Crippen molar-refractivity contribution in [2.45, 2.75) is 6.18 Å². The van der Waals surface area contributed by atoms with Crippen LogP contribution in [0.15, 0.2) is 42.6 Å². The van der Waals surface area contributed by atoms with Gasteiger partial charge in [0.1, 0.15) is 17.0 Å². The number of rotatable bonds is 5. The van der Waals surface area contributed by atoms with Gasteiger partial charge in [-0.25, -0.2) is 13.2 Å². The maximum absolute atomic E-state index is 14.8. The molecule has 0 spiro atoms. The third kappa shape index (κ3) is 4.86. The number of hydrogen-bond donors (Lipinski definition) is 2. The number of carbonyl (C=O) groups is 2. The molecule has 6 nitrogen and oxygen atoms in total.